The van der Waals surface area contributed by atoms with Crippen molar-refractivity contribution in [3.63, 3.8) is 0 Å². The minimum Gasteiger partial charge on any atom is -0.489 e. The second kappa shape index (κ2) is 6.83. The lowest BCUT2D eigenvalue weighted by molar-refractivity contribution is 0.0520. The maximum absolute atomic E-state index is 13.0. The van der Waals surface area contributed by atoms with Crippen LogP contribution >= 0.6 is 11.6 Å². The van der Waals surface area contributed by atoms with Crippen molar-refractivity contribution in [1.29, 1.82) is 0 Å². The lowest BCUT2D eigenvalue weighted by Gasteiger charge is -2.41. The first-order chi connectivity index (χ1) is 11.7. The average molecular weight is 350 g/mol. The molecule has 0 spiro atoms. The van der Waals surface area contributed by atoms with Gasteiger partial charge in [0.1, 0.15) is 0 Å². The Morgan fingerprint density at radius 1 is 1.04 bits per heavy atom. The third-order valence-electron chi connectivity index (χ3n) is 5.63. The summed E-state index contributed by atoms with van der Waals surface area (Å²) in [6.07, 6.45) is 7.21. The number of amides is 1. The van der Waals surface area contributed by atoms with Crippen molar-refractivity contribution in [2.24, 2.45) is 11.8 Å². The molecule has 1 aromatic rings. The zero-order chi connectivity index (χ0) is 16.5. The molecular weight excluding hydrogens is 326 g/mol. The molecule has 4 rings (SSSR count). The molecule has 1 aromatic carbocycles. The van der Waals surface area contributed by atoms with E-state index in [0.29, 0.717) is 41.2 Å². The molecule has 2 heterocycles. The van der Waals surface area contributed by atoms with Gasteiger partial charge in [0.2, 0.25) is 0 Å². The Hall–Kier alpha value is -1.42. The molecule has 1 saturated carbocycles. The molecule has 0 N–H and O–H groups in total. The predicted molar refractivity (Wildman–Crippen MR) is 93.0 cm³/mol. The predicted octanol–water partition coefficient (Wildman–Crippen LogP) is 4.15. The number of rotatable bonds is 1. The minimum atomic E-state index is 0.0663. The Morgan fingerprint density at radius 3 is 2.71 bits per heavy atom. The first-order valence-corrected chi connectivity index (χ1v) is 9.48. The number of piperidine rings is 1. The largest absolute Gasteiger partial charge is 0.489 e. The molecule has 2 fully saturated rings. The van der Waals surface area contributed by atoms with Gasteiger partial charge in [0.25, 0.3) is 5.91 Å². The van der Waals surface area contributed by atoms with Crippen LogP contribution in [0.4, 0.5) is 0 Å². The van der Waals surface area contributed by atoms with Crippen LogP contribution in [0.5, 0.6) is 11.5 Å². The van der Waals surface area contributed by atoms with Gasteiger partial charge in [-0.1, -0.05) is 30.9 Å². The van der Waals surface area contributed by atoms with Crippen LogP contribution < -0.4 is 9.47 Å². The Morgan fingerprint density at radius 2 is 1.83 bits per heavy atom. The molecule has 1 amide bonds. The van der Waals surface area contributed by atoms with Crippen LogP contribution in [0, 0.1) is 11.8 Å². The van der Waals surface area contributed by atoms with Crippen LogP contribution in [-0.2, 0) is 0 Å². The van der Waals surface area contributed by atoms with Gasteiger partial charge in [0.05, 0.1) is 18.2 Å². The molecule has 4 nitrogen and oxygen atoms in total. The molecule has 1 saturated heterocycles. The summed E-state index contributed by atoms with van der Waals surface area (Å²) >= 11 is 6.34. The fraction of sp³-hybridized carbons (Fsp3) is 0.632. The van der Waals surface area contributed by atoms with Gasteiger partial charge in [0, 0.05) is 25.1 Å². The van der Waals surface area contributed by atoms with Gasteiger partial charge in [-0.25, -0.2) is 0 Å². The van der Waals surface area contributed by atoms with E-state index >= 15 is 0 Å². The van der Waals surface area contributed by atoms with Gasteiger partial charge < -0.3 is 14.4 Å². The van der Waals surface area contributed by atoms with Crippen LogP contribution in [0.3, 0.4) is 0 Å². The fourth-order valence-corrected chi connectivity index (χ4v) is 4.59. The average Bonchev–Trinajstić information content (AvgIpc) is 2.86. The number of nitrogens with zero attached hydrogens (tertiary/aromatic N) is 1. The molecule has 0 bridgehead atoms. The normalized spacial score (nSPS) is 26.5. The van der Waals surface area contributed by atoms with Crippen LogP contribution in [0.2, 0.25) is 5.02 Å². The van der Waals surface area contributed by atoms with Crippen molar-refractivity contribution >= 4 is 17.5 Å². The van der Waals surface area contributed by atoms with Crippen molar-refractivity contribution < 1.29 is 14.3 Å². The van der Waals surface area contributed by atoms with Gasteiger partial charge in [-0.2, -0.15) is 0 Å². The van der Waals surface area contributed by atoms with Gasteiger partial charge in [-0.15, -0.1) is 0 Å². The summed E-state index contributed by atoms with van der Waals surface area (Å²) in [7, 11) is 0. The van der Waals surface area contributed by atoms with E-state index in [9.17, 15) is 4.79 Å². The number of likely N-dealkylation sites (tertiary alicyclic amines) is 1. The smallest absolute Gasteiger partial charge is 0.254 e. The first-order valence-electron chi connectivity index (χ1n) is 9.11. The molecular formula is C19H24ClNO3. The molecule has 0 aromatic heterocycles. The minimum absolute atomic E-state index is 0.0663. The van der Waals surface area contributed by atoms with E-state index in [1.165, 1.54) is 25.7 Å². The highest BCUT2D eigenvalue weighted by Gasteiger charge is 2.33. The molecule has 24 heavy (non-hydrogen) atoms. The molecule has 5 heteroatoms. The first kappa shape index (κ1) is 16.1. The van der Waals surface area contributed by atoms with Crippen molar-refractivity contribution in [1.82, 2.24) is 4.90 Å². The highest BCUT2D eigenvalue weighted by atomic mass is 35.5. The van der Waals surface area contributed by atoms with Crippen LogP contribution in [0.25, 0.3) is 0 Å². The number of fused-ring (bicyclic) bond motifs is 2. The van der Waals surface area contributed by atoms with E-state index in [4.69, 9.17) is 21.1 Å². The molecule has 0 radical (unpaired) electrons. The molecule has 130 valence electrons. The Bertz CT molecular complexity index is 633. The van der Waals surface area contributed by atoms with E-state index in [1.54, 1.807) is 12.1 Å². The van der Waals surface area contributed by atoms with E-state index in [-0.39, 0.29) is 5.91 Å². The fourth-order valence-electron chi connectivity index (χ4n) is 4.32. The summed E-state index contributed by atoms with van der Waals surface area (Å²) in [6.45, 7) is 2.92. The quantitative estimate of drug-likeness (QED) is 0.764. The zero-order valence-corrected chi connectivity index (χ0v) is 14.7. The number of benzene rings is 1. The lowest BCUT2D eigenvalue weighted by Crippen LogP contribution is -2.44. The second-order valence-electron chi connectivity index (χ2n) is 7.18. The number of carbonyl (C=O) groups is 1. The van der Waals surface area contributed by atoms with Crippen molar-refractivity contribution in [2.45, 2.75) is 38.5 Å². The second-order valence-corrected chi connectivity index (χ2v) is 7.59. The lowest BCUT2D eigenvalue weighted by atomic mass is 9.75. The monoisotopic (exact) mass is 349 g/mol. The Balaban J connectivity index is 1.54. The molecule has 3 aliphatic rings. The maximum atomic E-state index is 13.0. The number of carbonyl (C=O) groups excluding carboxylic acids is 1. The van der Waals surface area contributed by atoms with Crippen LogP contribution in [-0.4, -0.2) is 37.1 Å². The molecule has 0 unspecified atom stereocenters. The summed E-state index contributed by atoms with van der Waals surface area (Å²) in [6, 6.07) is 3.52. The Kier molecular flexibility index (Phi) is 4.57. The third kappa shape index (κ3) is 3.08. The van der Waals surface area contributed by atoms with E-state index < -0.39 is 0 Å². The zero-order valence-electron chi connectivity index (χ0n) is 13.9. The molecule has 2 atom stereocenters. The number of ether oxygens (including phenoxy) is 2. The summed E-state index contributed by atoms with van der Waals surface area (Å²) in [5, 5.41) is 0.463. The topological polar surface area (TPSA) is 38.8 Å². The van der Waals surface area contributed by atoms with Crippen molar-refractivity contribution in [3.8, 4) is 11.5 Å². The van der Waals surface area contributed by atoms with Gasteiger partial charge in [-0.3, -0.25) is 4.79 Å². The van der Waals surface area contributed by atoms with Crippen molar-refractivity contribution in [3.05, 3.63) is 22.7 Å². The van der Waals surface area contributed by atoms with Gasteiger partial charge in [-0.05, 0) is 36.8 Å². The van der Waals surface area contributed by atoms with E-state index in [1.807, 2.05) is 4.90 Å². The molecule has 2 aliphatic heterocycles. The van der Waals surface area contributed by atoms with Gasteiger partial charge in [0.15, 0.2) is 11.5 Å². The van der Waals surface area contributed by atoms with Crippen LogP contribution in [0.15, 0.2) is 12.1 Å². The Labute approximate surface area is 148 Å². The van der Waals surface area contributed by atoms with E-state index in [0.717, 1.165) is 31.8 Å². The number of hydrogen-bond donors (Lipinski definition) is 0. The highest BCUT2D eigenvalue weighted by Crippen LogP contribution is 2.40. The van der Waals surface area contributed by atoms with E-state index in [2.05, 4.69) is 0 Å². The third-order valence-corrected chi connectivity index (χ3v) is 5.91. The van der Waals surface area contributed by atoms with Crippen LogP contribution in [0.1, 0.15) is 48.9 Å². The van der Waals surface area contributed by atoms with Crippen molar-refractivity contribution in [2.75, 3.05) is 26.3 Å². The highest BCUT2D eigenvalue weighted by molar-refractivity contribution is 6.32. The number of hydrogen-bond acceptors (Lipinski definition) is 3. The summed E-state index contributed by atoms with van der Waals surface area (Å²) in [5.41, 5.74) is 0.610. The SMILES string of the molecule is O=C(c1cc(Cl)c2c(c1)OCCCO2)N1CC[C@H]2CCCC[C@@H]2C1. The standard InChI is InChI=1S/C19H24ClNO3/c20-16-10-15(11-17-18(16)24-9-3-8-23-17)19(22)21-7-6-13-4-1-2-5-14(13)12-21/h10-11,13-14H,1-9,12H2/t13-,14-/m1/s1. The maximum Gasteiger partial charge on any atom is 0.254 e. The summed E-state index contributed by atoms with van der Waals surface area (Å²) in [4.78, 5) is 15.0. The summed E-state index contributed by atoms with van der Waals surface area (Å²) < 4.78 is 11.4. The number of halogens is 1. The molecule has 1 aliphatic carbocycles. The summed E-state index contributed by atoms with van der Waals surface area (Å²) in [5.74, 6) is 2.71. The van der Waals surface area contributed by atoms with Gasteiger partial charge >= 0.3 is 0 Å².